The second-order valence-electron chi connectivity index (χ2n) is 7.01. The minimum atomic E-state index is -4.42. The Morgan fingerprint density at radius 1 is 1.07 bits per heavy atom. The summed E-state index contributed by atoms with van der Waals surface area (Å²) < 4.78 is 43.3. The molecule has 0 unspecified atom stereocenters. The van der Waals surface area contributed by atoms with E-state index in [-0.39, 0.29) is 24.7 Å². The predicted molar refractivity (Wildman–Crippen MR) is 98.0 cm³/mol. The molecular formula is C20H18F3N3O3. The summed E-state index contributed by atoms with van der Waals surface area (Å²) in [6, 6.07) is 7.44. The third-order valence-corrected chi connectivity index (χ3v) is 5.05. The molecule has 0 atom stereocenters. The zero-order chi connectivity index (χ0) is 20.6. The molecule has 9 heteroatoms. The molecule has 29 heavy (non-hydrogen) atoms. The largest absolute Gasteiger partial charge is 0.486 e. The van der Waals surface area contributed by atoms with Crippen molar-refractivity contribution in [3.8, 4) is 5.75 Å². The van der Waals surface area contributed by atoms with E-state index in [0.717, 1.165) is 12.3 Å². The van der Waals surface area contributed by atoms with Crippen molar-refractivity contribution in [2.75, 3.05) is 37.7 Å². The number of rotatable bonds is 2. The molecule has 0 aliphatic carbocycles. The highest BCUT2D eigenvalue weighted by atomic mass is 19.4. The zero-order valence-corrected chi connectivity index (χ0v) is 15.4. The fourth-order valence-electron chi connectivity index (χ4n) is 3.48. The second-order valence-corrected chi connectivity index (χ2v) is 7.01. The molecule has 2 aliphatic rings. The highest BCUT2D eigenvalue weighted by Crippen LogP contribution is 2.30. The molecule has 0 N–H and O–H groups in total. The van der Waals surface area contributed by atoms with E-state index in [1.807, 2.05) is 4.90 Å². The number of carbonyl (C=O) groups excluding carboxylic acids is 2. The van der Waals surface area contributed by atoms with E-state index < -0.39 is 11.7 Å². The number of alkyl halides is 3. The molecule has 4 rings (SSSR count). The first-order valence-electron chi connectivity index (χ1n) is 9.16. The van der Waals surface area contributed by atoms with Gasteiger partial charge in [-0.15, -0.1) is 0 Å². The number of benzene rings is 1. The van der Waals surface area contributed by atoms with Gasteiger partial charge in [-0.05, 0) is 30.3 Å². The van der Waals surface area contributed by atoms with Crippen LogP contribution in [0.5, 0.6) is 5.75 Å². The van der Waals surface area contributed by atoms with Crippen LogP contribution in [0.3, 0.4) is 0 Å². The number of anilines is 1. The van der Waals surface area contributed by atoms with Crippen LogP contribution in [0.15, 0.2) is 36.5 Å². The Morgan fingerprint density at radius 2 is 1.83 bits per heavy atom. The van der Waals surface area contributed by atoms with Crippen LogP contribution in [-0.4, -0.2) is 54.4 Å². The van der Waals surface area contributed by atoms with Crippen molar-refractivity contribution in [1.29, 1.82) is 0 Å². The summed E-state index contributed by atoms with van der Waals surface area (Å²) in [6.07, 6.45) is -3.34. The molecule has 1 aromatic heterocycles. The SMILES string of the molecule is O=C1COc2ccc(C(=O)N3CCN(c4ccc(C(F)(F)F)cn4)CC3)cc2C1. The highest BCUT2D eigenvalue weighted by molar-refractivity contribution is 5.95. The van der Waals surface area contributed by atoms with Crippen molar-refractivity contribution in [2.45, 2.75) is 12.6 Å². The van der Waals surface area contributed by atoms with Crippen LogP contribution in [0.25, 0.3) is 0 Å². The average molecular weight is 405 g/mol. The maximum Gasteiger partial charge on any atom is 0.417 e. The number of amides is 1. The van der Waals surface area contributed by atoms with Crippen molar-refractivity contribution in [2.24, 2.45) is 0 Å². The lowest BCUT2D eigenvalue weighted by Gasteiger charge is -2.35. The fraction of sp³-hybridized carbons (Fsp3) is 0.350. The first-order chi connectivity index (χ1) is 13.8. The van der Waals surface area contributed by atoms with Crippen LogP contribution in [0.2, 0.25) is 0 Å². The second kappa shape index (κ2) is 7.38. The van der Waals surface area contributed by atoms with Crippen molar-refractivity contribution < 1.29 is 27.5 Å². The van der Waals surface area contributed by atoms with Gasteiger partial charge in [0.05, 0.1) is 5.56 Å². The van der Waals surface area contributed by atoms with E-state index in [9.17, 15) is 22.8 Å². The Bertz CT molecular complexity index is 936. The standard InChI is InChI=1S/C20H18F3N3O3/c21-20(22,23)15-2-4-18(24-11-15)25-5-7-26(8-6-25)19(28)13-1-3-17-14(9-13)10-16(27)12-29-17/h1-4,9,11H,5-8,10,12H2. The smallest absolute Gasteiger partial charge is 0.417 e. The highest BCUT2D eigenvalue weighted by Gasteiger charge is 2.31. The summed E-state index contributed by atoms with van der Waals surface area (Å²) in [6.45, 7) is 1.84. The monoisotopic (exact) mass is 405 g/mol. The van der Waals surface area contributed by atoms with Crippen molar-refractivity contribution in [3.05, 3.63) is 53.2 Å². The first kappa shape index (κ1) is 19.2. The van der Waals surface area contributed by atoms with Crippen LogP contribution < -0.4 is 9.64 Å². The molecular weight excluding hydrogens is 387 g/mol. The van der Waals surface area contributed by atoms with Crippen molar-refractivity contribution >= 4 is 17.5 Å². The molecule has 1 aromatic carbocycles. The number of hydrogen-bond acceptors (Lipinski definition) is 5. The molecule has 0 saturated carbocycles. The lowest BCUT2D eigenvalue weighted by molar-refractivity contribution is -0.137. The number of carbonyl (C=O) groups is 2. The normalized spacial score (nSPS) is 17.0. The molecule has 0 spiro atoms. The Hall–Kier alpha value is -3.10. The van der Waals surface area contributed by atoms with Crippen molar-refractivity contribution in [3.63, 3.8) is 0 Å². The molecule has 2 aliphatic heterocycles. The summed E-state index contributed by atoms with van der Waals surface area (Å²) in [5, 5.41) is 0. The van der Waals surface area contributed by atoms with Gasteiger partial charge in [-0.25, -0.2) is 4.98 Å². The molecule has 0 radical (unpaired) electrons. The third-order valence-electron chi connectivity index (χ3n) is 5.05. The molecule has 0 bridgehead atoms. The van der Waals surface area contributed by atoms with Gasteiger partial charge >= 0.3 is 6.18 Å². The van der Waals surface area contributed by atoms with E-state index >= 15 is 0 Å². The lowest BCUT2D eigenvalue weighted by Crippen LogP contribution is -2.49. The van der Waals surface area contributed by atoms with Gasteiger partial charge in [0.15, 0.2) is 5.78 Å². The molecule has 1 saturated heterocycles. The summed E-state index contributed by atoms with van der Waals surface area (Å²) in [5.74, 6) is 0.902. The average Bonchev–Trinajstić information content (AvgIpc) is 2.72. The van der Waals surface area contributed by atoms with Gasteiger partial charge in [0.25, 0.3) is 5.91 Å². The van der Waals surface area contributed by atoms with Gasteiger partial charge in [0.2, 0.25) is 0 Å². The van der Waals surface area contributed by atoms with Crippen molar-refractivity contribution in [1.82, 2.24) is 9.88 Å². The van der Waals surface area contributed by atoms with E-state index in [2.05, 4.69) is 4.98 Å². The van der Waals surface area contributed by atoms with Crippen LogP contribution in [0, 0.1) is 0 Å². The van der Waals surface area contributed by atoms with Gasteiger partial charge in [-0.1, -0.05) is 0 Å². The van der Waals surface area contributed by atoms with Gasteiger partial charge < -0.3 is 14.5 Å². The van der Waals surface area contributed by atoms with Gasteiger partial charge in [-0.3, -0.25) is 9.59 Å². The van der Waals surface area contributed by atoms with E-state index in [0.29, 0.717) is 48.9 Å². The molecule has 1 fully saturated rings. The number of aromatic nitrogens is 1. The van der Waals surface area contributed by atoms with Gasteiger partial charge in [-0.2, -0.15) is 13.2 Å². The Balaban J connectivity index is 1.40. The number of nitrogens with zero attached hydrogens (tertiary/aromatic N) is 3. The summed E-state index contributed by atoms with van der Waals surface area (Å²) >= 11 is 0. The fourth-order valence-corrected chi connectivity index (χ4v) is 3.48. The molecule has 1 amide bonds. The van der Waals surface area contributed by atoms with Gasteiger partial charge in [0.1, 0.15) is 18.2 Å². The Morgan fingerprint density at radius 3 is 2.48 bits per heavy atom. The number of halogens is 3. The molecule has 2 aromatic rings. The topological polar surface area (TPSA) is 62.7 Å². The minimum Gasteiger partial charge on any atom is -0.486 e. The van der Waals surface area contributed by atoms with E-state index in [1.54, 1.807) is 23.1 Å². The summed E-state index contributed by atoms with van der Waals surface area (Å²) in [4.78, 5) is 31.8. The lowest BCUT2D eigenvalue weighted by atomic mass is 10.0. The van der Waals surface area contributed by atoms with Crippen LogP contribution >= 0.6 is 0 Å². The summed E-state index contributed by atoms with van der Waals surface area (Å²) in [5.41, 5.74) is 0.410. The number of piperazine rings is 1. The zero-order valence-electron chi connectivity index (χ0n) is 15.4. The number of ether oxygens (including phenoxy) is 1. The Labute approximate surface area is 164 Å². The number of hydrogen-bond donors (Lipinski definition) is 0. The van der Waals surface area contributed by atoms with Crippen LogP contribution in [-0.2, 0) is 17.4 Å². The molecule has 6 nitrogen and oxygen atoms in total. The maximum atomic E-state index is 12.8. The Kier molecular flexibility index (Phi) is 4.89. The molecule has 3 heterocycles. The molecule has 152 valence electrons. The summed E-state index contributed by atoms with van der Waals surface area (Å²) in [7, 11) is 0. The van der Waals surface area contributed by atoms with Crippen LogP contribution in [0.1, 0.15) is 21.5 Å². The van der Waals surface area contributed by atoms with E-state index in [4.69, 9.17) is 4.74 Å². The minimum absolute atomic E-state index is 0.0280. The number of ketones is 1. The van der Waals surface area contributed by atoms with Crippen LogP contribution in [0.4, 0.5) is 19.0 Å². The first-order valence-corrected chi connectivity index (χ1v) is 9.16. The number of Topliss-reactive ketones (excluding diaryl/α,β-unsaturated/α-hetero) is 1. The quantitative estimate of drug-likeness (QED) is 0.769. The number of pyridine rings is 1. The third kappa shape index (κ3) is 4.03. The maximum absolute atomic E-state index is 12.8. The van der Waals surface area contributed by atoms with E-state index in [1.165, 1.54) is 6.07 Å². The predicted octanol–water partition coefficient (Wildman–Crippen LogP) is 2.57. The van der Waals surface area contributed by atoms with Gasteiger partial charge in [0, 0.05) is 49.9 Å². The number of fused-ring (bicyclic) bond motifs is 1.